The zero-order valence-electron chi connectivity index (χ0n) is 15.1. The number of benzene rings is 1. The third-order valence-corrected chi connectivity index (χ3v) is 7.59. The number of aryl methyl sites for hydroxylation is 2. The van der Waals surface area contributed by atoms with Crippen molar-refractivity contribution < 1.29 is 9.00 Å². The molecule has 2 aromatic rings. The standard InChI is InChI=1S/C21H21N3O2S/c22-14-24-27(26,18-6-3-9-23-12-18)13-17(25)11-21-19-7-1-4-15(19)10-16-5-2-8-20(16)21/h3,6,9-10,12H,1-2,4-5,7-8,11,13H2. The Hall–Kier alpha value is -2.52. The molecule has 0 amide bonds. The van der Waals surface area contributed by atoms with E-state index in [2.05, 4.69) is 15.4 Å². The van der Waals surface area contributed by atoms with Gasteiger partial charge in [0.15, 0.2) is 5.78 Å². The number of ketones is 1. The average molecular weight is 379 g/mol. The van der Waals surface area contributed by atoms with Gasteiger partial charge < -0.3 is 0 Å². The molecule has 6 heteroatoms. The number of carbonyl (C=O) groups excluding carboxylic acids is 1. The molecule has 1 atom stereocenters. The number of aromatic nitrogens is 1. The molecular weight excluding hydrogens is 358 g/mol. The number of rotatable bonds is 5. The van der Waals surface area contributed by atoms with Crippen LogP contribution in [-0.4, -0.2) is 20.7 Å². The number of Topliss-reactive ketones (excluding diaryl/α,β-unsaturated/α-hetero) is 1. The fourth-order valence-electron chi connectivity index (χ4n) is 4.38. The molecule has 1 unspecified atom stereocenters. The van der Waals surface area contributed by atoms with Gasteiger partial charge in [-0.15, -0.1) is 4.36 Å². The lowest BCUT2D eigenvalue weighted by molar-refractivity contribution is -0.116. The molecule has 4 rings (SSSR count). The first kappa shape index (κ1) is 17.9. The number of carbonyl (C=O) groups is 1. The van der Waals surface area contributed by atoms with Gasteiger partial charge in [0.05, 0.1) is 20.4 Å². The van der Waals surface area contributed by atoms with Crippen molar-refractivity contribution in [2.24, 2.45) is 4.36 Å². The number of nitrogens with zero attached hydrogens (tertiary/aromatic N) is 3. The Bertz CT molecular complexity index is 1030. The Morgan fingerprint density at radius 3 is 2.48 bits per heavy atom. The highest BCUT2D eigenvalue weighted by atomic mass is 32.2. The van der Waals surface area contributed by atoms with Gasteiger partial charge in [-0.05, 0) is 78.5 Å². The van der Waals surface area contributed by atoms with Crippen LogP contribution in [0.5, 0.6) is 0 Å². The number of nitriles is 1. The number of fused-ring (bicyclic) bond motifs is 2. The number of hydrogen-bond donors (Lipinski definition) is 0. The molecule has 2 aliphatic rings. The minimum atomic E-state index is -3.11. The van der Waals surface area contributed by atoms with Crippen LogP contribution in [0.2, 0.25) is 0 Å². The van der Waals surface area contributed by atoms with E-state index in [1.165, 1.54) is 28.5 Å². The van der Waals surface area contributed by atoms with Crippen molar-refractivity contribution >= 4 is 15.5 Å². The van der Waals surface area contributed by atoms with Gasteiger partial charge in [0.25, 0.3) is 0 Å². The van der Waals surface area contributed by atoms with Gasteiger partial charge in [-0.25, -0.2) is 4.21 Å². The predicted molar refractivity (Wildman–Crippen MR) is 103 cm³/mol. The van der Waals surface area contributed by atoms with E-state index in [4.69, 9.17) is 5.26 Å². The molecule has 27 heavy (non-hydrogen) atoms. The number of hydrogen-bond acceptors (Lipinski definition) is 5. The molecule has 0 saturated carbocycles. The second-order valence-electron chi connectivity index (χ2n) is 7.22. The summed E-state index contributed by atoms with van der Waals surface area (Å²) >= 11 is 0. The fraction of sp³-hybridized carbons (Fsp3) is 0.381. The van der Waals surface area contributed by atoms with Crippen LogP contribution in [0.3, 0.4) is 0 Å². The predicted octanol–water partition coefficient (Wildman–Crippen LogP) is 3.18. The number of pyridine rings is 1. The summed E-state index contributed by atoms with van der Waals surface area (Å²) in [4.78, 5) is 17.2. The third kappa shape index (κ3) is 3.40. The van der Waals surface area contributed by atoms with E-state index in [1.54, 1.807) is 24.5 Å². The second kappa shape index (κ2) is 7.24. The fourth-order valence-corrected chi connectivity index (χ4v) is 5.91. The Balaban J connectivity index is 1.65. The molecule has 1 aromatic carbocycles. The van der Waals surface area contributed by atoms with Crippen LogP contribution < -0.4 is 0 Å². The normalized spacial score (nSPS) is 16.9. The van der Waals surface area contributed by atoms with E-state index in [0.29, 0.717) is 4.90 Å². The van der Waals surface area contributed by atoms with Crippen molar-refractivity contribution in [3.05, 3.63) is 58.4 Å². The lowest BCUT2D eigenvalue weighted by Gasteiger charge is -2.15. The van der Waals surface area contributed by atoms with Crippen LogP contribution in [0, 0.1) is 11.5 Å². The van der Waals surface area contributed by atoms with E-state index in [-0.39, 0.29) is 18.0 Å². The van der Waals surface area contributed by atoms with Gasteiger partial charge in [0, 0.05) is 18.8 Å². The second-order valence-corrected chi connectivity index (χ2v) is 9.44. The van der Waals surface area contributed by atoms with Crippen LogP contribution in [0.25, 0.3) is 0 Å². The molecule has 0 spiro atoms. The summed E-state index contributed by atoms with van der Waals surface area (Å²) in [6.07, 6.45) is 11.4. The molecule has 1 aromatic heterocycles. The van der Waals surface area contributed by atoms with Crippen LogP contribution in [-0.2, 0) is 46.6 Å². The minimum Gasteiger partial charge on any atom is -0.298 e. The van der Waals surface area contributed by atoms with Crippen molar-refractivity contribution in [2.75, 3.05) is 5.75 Å². The summed E-state index contributed by atoms with van der Waals surface area (Å²) < 4.78 is 16.8. The largest absolute Gasteiger partial charge is 0.298 e. The maximum Gasteiger partial charge on any atom is 0.214 e. The summed E-state index contributed by atoms with van der Waals surface area (Å²) in [5, 5.41) is 8.99. The summed E-state index contributed by atoms with van der Waals surface area (Å²) in [7, 11) is -3.11. The highest BCUT2D eigenvalue weighted by Gasteiger charge is 2.26. The van der Waals surface area contributed by atoms with Gasteiger partial charge in [0.1, 0.15) is 0 Å². The molecule has 5 nitrogen and oxygen atoms in total. The summed E-state index contributed by atoms with van der Waals surface area (Å²) in [5.74, 6) is -0.373. The minimum absolute atomic E-state index is 0.128. The maximum atomic E-state index is 13.2. The van der Waals surface area contributed by atoms with Crippen molar-refractivity contribution in [3.63, 3.8) is 0 Å². The first-order chi connectivity index (χ1) is 13.1. The van der Waals surface area contributed by atoms with E-state index in [9.17, 15) is 9.00 Å². The highest BCUT2D eigenvalue weighted by molar-refractivity contribution is 7.94. The van der Waals surface area contributed by atoms with E-state index in [1.807, 2.05) is 0 Å². The van der Waals surface area contributed by atoms with E-state index in [0.717, 1.165) is 44.1 Å². The zero-order chi connectivity index (χ0) is 18.9. The monoisotopic (exact) mass is 379 g/mol. The van der Waals surface area contributed by atoms with Gasteiger partial charge in [-0.3, -0.25) is 9.78 Å². The van der Waals surface area contributed by atoms with Crippen LogP contribution in [0.4, 0.5) is 0 Å². The molecule has 1 heterocycles. The molecule has 138 valence electrons. The molecule has 0 radical (unpaired) electrons. The molecule has 0 fully saturated rings. The van der Waals surface area contributed by atoms with Crippen LogP contribution >= 0.6 is 0 Å². The maximum absolute atomic E-state index is 13.2. The molecule has 0 saturated heterocycles. The van der Waals surface area contributed by atoms with Gasteiger partial charge in [0.2, 0.25) is 6.19 Å². The van der Waals surface area contributed by atoms with Crippen molar-refractivity contribution in [1.82, 2.24) is 4.98 Å². The first-order valence-electron chi connectivity index (χ1n) is 9.31. The van der Waals surface area contributed by atoms with Crippen LogP contribution in [0.1, 0.15) is 40.7 Å². The van der Waals surface area contributed by atoms with Crippen molar-refractivity contribution in [2.45, 2.75) is 49.8 Å². The smallest absolute Gasteiger partial charge is 0.214 e. The van der Waals surface area contributed by atoms with Crippen molar-refractivity contribution in [1.29, 1.82) is 5.26 Å². The Kier molecular flexibility index (Phi) is 4.79. The van der Waals surface area contributed by atoms with Gasteiger partial charge in [-0.1, -0.05) is 6.07 Å². The highest BCUT2D eigenvalue weighted by Crippen LogP contribution is 2.35. The molecule has 2 aliphatic carbocycles. The lowest BCUT2D eigenvalue weighted by atomic mass is 9.91. The SMILES string of the molecule is N#CN=S(=O)(CC(=O)Cc1c2c(cc3c1CCC3)CCC2)c1cccnc1. The summed E-state index contributed by atoms with van der Waals surface area (Å²) in [6, 6.07) is 5.59. The quantitative estimate of drug-likeness (QED) is 0.747. The summed E-state index contributed by atoms with van der Waals surface area (Å²) in [6.45, 7) is 0. The molecule has 0 N–H and O–H groups in total. The van der Waals surface area contributed by atoms with Crippen molar-refractivity contribution in [3.8, 4) is 6.19 Å². The topological polar surface area (TPSA) is 83.2 Å². The Morgan fingerprint density at radius 2 is 1.89 bits per heavy atom. The average Bonchev–Trinajstić information content (AvgIpc) is 3.31. The van der Waals surface area contributed by atoms with Gasteiger partial charge in [-0.2, -0.15) is 5.26 Å². The first-order valence-corrected chi connectivity index (χ1v) is 11.0. The molecule has 0 aliphatic heterocycles. The van der Waals surface area contributed by atoms with Crippen LogP contribution in [0.15, 0.2) is 39.9 Å². The molecule has 0 bridgehead atoms. The lowest BCUT2D eigenvalue weighted by Crippen LogP contribution is -2.19. The Morgan fingerprint density at radius 1 is 1.19 bits per heavy atom. The summed E-state index contributed by atoms with van der Waals surface area (Å²) in [5.41, 5.74) is 6.58. The molecular formula is C21H21N3O2S. The van der Waals surface area contributed by atoms with E-state index < -0.39 is 9.73 Å². The third-order valence-electron chi connectivity index (χ3n) is 5.52. The Labute approximate surface area is 159 Å². The van der Waals surface area contributed by atoms with E-state index >= 15 is 0 Å². The van der Waals surface area contributed by atoms with Gasteiger partial charge >= 0.3 is 0 Å². The zero-order valence-corrected chi connectivity index (χ0v) is 15.9.